The number of carbonyl (C=O) groups excluding carboxylic acids is 6. The van der Waals surface area contributed by atoms with Crippen molar-refractivity contribution in [2.24, 2.45) is 5.41 Å². The van der Waals surface area contributed by atoms with E-state index in [0.717, 1.165) is 6.08 Å². The molecule has 3 aliphatic rings. The average Bonchev–Trinajstić information content (AvgIpc) is 3.79. The number of aliphatic hydroxyl groups excluding tert-OH is 2. The minimum atomic E-state index is -1.52. The number of carbonyl (C=O) groups is 6. The van der Waals surface area contributed by atoms with Gasteiger partial charge in [-0.3, -0.25) is 14.4 Å². The molecule has 16 heteroatoms. The average molecular weight is 897 g/mol. The monoisotopic (exact) mass is 896 g/mol. The molecule has 1 aliphatic carbocycles. The van der Waals surface area contributed by atoms with E-state index < -0.39 is 102 Å². The van der Waals surface area contributed by atoms with Crippen molar-refractivity contribution in [3.05, 3.63) is 125 Å². The third-order valence-electron chi connectivity index (χ3n) is 11.0. The van der Waals surface area contributed by atoms with Crippen LogP contribution in [-0.4, -0.2) is 107 Å². The van der Waals surface area contributed by atoms with Crippen LogP contribution in [0.2, 0.25) is 0 Å². The van der Waals surface area contributed by atoms with Crippen LogP contribution in [0.1, 0.15) is 87.9 Å². The molecule has 0 spiro atoms. The second-order valence-corrected chi connectivity index (χ2v) is 17.9. The number of aliphatic hydroxyl groups is 2. The van der Waals surface area contributed by atoms with Crippen LogP contribution in [0, 0.1) is 5.41 Å². The predicted molar refractivity (Wildman–Crippen MR) is 233 cm³/mol. The van der Waals surface area contributed by atoms with Crippen molar-refractivity contribution in [3.63, 3.8) is 0 Å². The minimum absolute atomic E-state index is 0.0269. The van der Waals surface area contributed by atoms with Crippen molar-refractivity contribution in [2.75, 3.05) is 13.2 Å². The summed E-state index contributed by atoms with van der Waals surface area (Å²) in [6.07, 6.45) is -1.97. The van der Waals surface area contributed by atoms with E-state index >= 15 is 0 Å². The number of amides is 2. The summed E-state index contributed by atoms with van der Waals surface area (Å²) < 4.78 is 35.6. The number of cyclic esters (lactones) is 1. The Morgan fingerprint density at radius 3 is 2.11 bits per heavy atom. The summed E-state index contributed by atoms with van der Waals surface area (Å²) in [5, 5.41) is 25.9. The van der Waals surface area contributed by atoms with Crippen LogP contribution >= 0.6 is 0 Å². The van der Waals surface area contributed by atoms with Gasteiger partial charge in [0.05, 0.1) is 24.3 Å². The summed E-state index contributed by atoms with van der Waals surface area (Å²) in [4.78, 5) is 79.4. The number of hydrogen-bond acceptors (Lipinski definition) is 14. The Morgan fingerprint density at radius 1 is 0.892 bits per heavy atom. The molecule has 0 bridgehead atoms. The predicted octanol–water partition coefficient (Wildman–Crippen LogP) is 4.20. The molecule has 0 aromatic heterocycles. The maximum atomic E-state index is 14.2. The number of ether oxygens (including phenoxy) is 6. The van der Waals surface area contributed by atoms with E-state index in [1.165, 1.54) is 25.1 Å². The standard InChI is InChI=1S/C49H56N2O14/c1-29(53)40(44(57)50-34(27-52)22-24-39(55)64-47(2,3)4)51-43(56)31-25-36(41-37(26-31)63-49(65-41,32-16-9-7-10-17-32)33-18-11-8-12-19-33)61-45(58)35-20-14-13-15-30(35)21-23-38(54)62-42-46(59)60-28-48(42,5)6/h7-21,23,26,29,34,36-37,40-42,52-53H,22,24-25,27-28H2,1-6H3,(H,50,57)(H,51,56). The first-order valence-corrected chi connectivity index (χ1v) is 21.4. The molecule has 0 saturated carbocycles. The topological polar surface area (TPSA) is 222 Å². The lowest BCUT2D eigenvalue weighted by molar-refractivity contribution is -0.159. The van der Waals surface area contributed by atoms with Gasteiger partial charge in [-0.25, -0.2) is 14.4 Å². The SMILES string of the molecule is CC(O)C(NC(=O)C1=CC2OC(c3ccccc3)(c3ccccc3)OC2C(OC(=O)c2ccccc2C=CC(=O)OC2C(=O)OCC2(C)C)C1)C(=O)NC(CO)CCC(=O)OC(C)(C)C. The van der Waals surface area contributed by atoms with Gasteiger partial charge in [-0.1, -0.05) is 92.7 Å². The highest BCUT2D eigenvalue weighted by molar-refractivity contribution is 5.98. The largest absolute Gasteiger partial charge is 0.462 e. The fourth-order valence-corrected chi connectivity index (χ4v) is 7.69. The van der Waals surface area contributed by atoms with Crippen LogP contribution in [0.5, 0.6) is 0 Å². The molecule has 6 rings (SSSR count). The van der Waals surface area contributed by atoms with Crippen molar-refractivity contribution < 1.29 is 67.4 Å². The van der Waals surface area contributed by atoms with E-state index in [2.05, 4.69) is 10.6 Å². The van der Waals surface area contributed by atoms with Gasteiger partial charge < -0.3 is 49.3 Å². The fraction of sp³-hybridized carbons (Fsp3) is 0.429. The number of nitrogens with one attached hydrogen (secondary N) is 2. The summed E-state index contributed by atoms with van der Waals surface area (Å²) >= 11 is 0. The van der Waals surface area contributed by atoms with Crippen molar-refractivity contribution >= 4 is 41.8 Å². The first-order valence-electron chi connectivity index (χ1n) is 21.4. The summed E-state index contributed by atoms with van der Waals surface area (Å²) in [6, 6.07) is 22.2. The van der Waals surface area contributed by atoms with Crippen molar-refractivity contribution in [1.82, 2.24) is 10.6 Å². The third-order valence-corrected chi connectivity index (χ3v) is 11.0. The molecule has 4 N–H and O–H groups in total. The van der Waals surface area contributed by atoms with E-state index in [0.29, 0.717) is 11.1 Å². The molecular weight excluding hydrogens is 841 g/mol. The van der Waals surface area contributed by atoms with Gasteiger partial charge in [0.15, 0.2) is 0 Å². The zero-order valence-electron chi connectivity index (χ0n) is 37.2. The molecule has 7 unspecified atom stereocenters. The van der Waals surface area contributed by atoms with Gasteiger partial charge in [-0.05, 0) is 57.9 Å². The van der Waals surface area contributed by atoms with Crippen LogP contribution in [-0.2, 0) is 58.2 Å². The molecule has 16 nitrogen and oxygen atoms in total. The Kier molecular flexibility index (Phi) is 15.1. The molecule has 2 fully saturated rings. The summed E-state index contributed by atoms with van der Waals surface area (Å²) in [6.45, 7) is 9.50. The summed E-state index contributed by atoms with van der Waals surface area (Å²) in [7, 11) is 0. The van der Waals surface area contributed by atoms with Crippen molar-refractivity contribution in [2.45, 2.75) is 115 Å². The lowest BCUT2D eigenvalue weighted by Gasteiger charge is -2.32. The van der Waals surface area contributed by atoms with Gasteiger partial charge >= 0.3 is 23.9 Å². The van der Waals surface area contributed by atoms with Crippen molar-refractivity contribution in [1.29, 1.82) is 0 Å². The Balaban J connectivity index is 1.26. The number of esters is 4. The van der Waals surface area contributed by atoms with Gasteiger partial charge in [-0.2, -0.15) is 0 Å². The summed E-state index contributed by atoms with van der Waals surface area (Å²) in [5.74, 6) is -5.95. The van der Waals surface area contributed by atoms with Gasteiger partial charge in [0.25, 0.3) is 0 Å². The lowest BCUT2D eigenvalue weighted by atomic mass is 9.90. The number of benzene rings is 3. The normalized spacial score (nSPS) is 22.3. The minimum Gasteiger partial charge on any atom is -0.462 e. The van der Waals surface area contributed by atoms with Crippen LogP contribution in [0.3, 0.4) is 0 Å². The van der Waals surface area contributed by atoms with Crippen LogP contribution < -0.4 is 10.6 Å². The van der Waals surface area contributed by atoms with E-state index in [1.807, 2.05) is 60.7 Å². The quantitative estimate of drug-likeness (QED) is 0.0900. The molecule has 0 radical (unpaired) electrons. The number of rotatable bonds is 16. The Hall–Kier alpha value is -6.20. The van der Waals surface area contributed by atoms with Crippen LogP contribution in [0.4, 0.5) is 0 Å². The molecule has 3 aromatic rings. The third kappa shape index (κ3) is 11.7. The highest BCUT2D eigenvalue weighted by atomic mass is 16.8. The van der Waals surface area contributed by atoms with Gasteiger partial charge in [0.1, 0.15) is 36.6 Å². The Bertz CT molecular complexity index is 2240. The van der Waals surface area contributed by atoms with Gasteiger partial charge in [-0.15, -0.1) is 0 Å². The highest BCUT2D eigenvalue weighted by Crippen LogP contribution is 2.47. The zero-order chi connectivity index (χ0) is 47.1. The number of hydrogen-bond donors (Lipinski definition) is 4. The maximum Gasteiger partial charge on any atom is 0.348 e. The van der Waals surface area contributed by atoms with E-state index in [9.17, 15) is 39.0 Å². The highest BCUT2D eigenvalue weighted by Gasteiger charge is 2.55. The molecule has 346 valence electrons. The van der Waals surface area contributed by atoms with E-state index in [-0.39, 0.29) is 42.6 Å². The molecule has 65 heavy (non-hydrogen) atoms. The Labute approximate surface area is 377 Å². The van der Waals surface area contributed by atoms with Crippen molar-refractivity contribution in [3.8, 4) is 0 Å². The first-order chi connectivity index (χ1) is 30.8. The number of fused-ring (bicyclic) bond motifs is 1. The summed E-state index contributed by atoms with van der Waals surface area (Å²) in [5.41, 5.74) is 0.182. The molecule has 7 atom stereocenters. The molecule has 3 aromatic carbocycles. The Morgan fingerprint density at radius 2 is 1.52 bits per heavy atom. The smallest absolute Gasteiger partial charge is 0.348 e. The van der Waals surface area contributed by atoms with Crippen LogP contribution in [0.15, 0.2) is 103 Å². The molecular formula is C49H56N2O14. The lowest BCUT2D eigenvalue weighted by Crippen LogP contribution is -2.55. The van der Waals surface area contributed by atoms with Crippen LogP contribution in [0.25, 0.3) is 6.08 Å². The van der Waals surface area contributed by atoms with Gasteiger partial charge in [0.2, 0.25) is 23.7 Å². The fourth-order valence-electron chi connectivity index (χ4n) is 7.69. The molecule has 2 saturated heterocycles. The molecule has 2 heterocycles. The molecule has 2 amide bonds. The maximum absolute atomic E-state index is 14.2. The zero-order valence-corrected chi connectivity index (χ0v) is 37.2. The molecule has 2 aliphatic heterocycles. The second-order valence-electron chi connectivity index (χ2n) is 17.9. The van der Waals surface area contributed by atoms with E-state index in [4.69, 9.17) is 28.4 Å². The van der Waals surface area contributed by atoms with Gasteiger partial charge in [0, 0.05) is 41.0 Å². The first kappa shape index (κ1) is 48.3. The van der Waals surface area contributed by atoms with E-state index in [1.54, 1.807) is 52.8 Å². The second kappa shape index (κ2) is 20.3.